The Morgan fingerprint density at radius 1 is 1.14 bits per heavy atom. The van der Waals surface area contributed by atoms with Crippen molar-refractivity contribution < 1.29 is 19.8 Å². The molecule has 0 heterocycles. The second kappa shape index (κ2) is 5.89. The molecule has 0 aliphatic rings. The molecule has 2 aromatic carbocycles. The summed E-state index contributed by atoms with van der Waals surface area (Å²) in [5.74, 6) is -2.14. The number of nitrogen functional groups attached to an aromatic ring is 1. The van der Waals surface area contributed by atoms with Crippen LogP contribution in [-0.4, -0.2) is 22.0 Å². The highest BCUT2D eigenvalue weighted by Gasteiger charge is 2.26. The molecule has 22 heavy (non-hydrogen) atoms. The van der Waals surface area contributed by atoms with Gasteiger partial charge in [-0.3, -0.25) is 4.79 Å². The number of nitrogens with two attached hydrogens (primary N) is 1. The lowest BCUT2D eigenvalue weighted by Crippen LogP contribution is -2.14. The monoisotopic (exact) mass is 299 g/mol. The third-order valence-corrected chi connectivity index (χ3v) is 3.48. The van der Waals surface area contributed by atoms with Gasteiger partial charge in [-0.25, -0.2) is 4.79 Å². The van der Waals surface area contributed by atoms with Gasteiger partial charge in [0.15, 0.2) is 5.78 Å². The van der Waals surface area contributed by atoms with Crippen LogP contribution < -0.4 is 5.73 Å². The van der Waals surface area contributed by atoms with Crippen LogP contribution in [-0.2, 0) is 0 Å². The summed E-state index contributed by atoms with van der Waals surface area (Å²) in [6.45, 7) is 3.61. The highest BCUT2D eigenvalue weighted by molar-refractivity contribution is 6.18. The van der Waals surface area contributed by atoms with Crippen LogP contribution in [0.2, 0.25) is 0 Å². The van der Waals surface area contributed by atoms with Crippen molar-refractivity contribution >= 4 is 17.4 Å². The summed E-state index contributed by atoms with van der Waals surface area (Å²) < 4.78 is 0. The Morgan fingerprint density at radius 2 is 1.73 bits per heavy atom. The number of hydrogen-bond donors (Lipinski definition) is 3. The van der Waals surface area contributed by atoms with E-state index < -0.39 is 11.8 Å². The van der Waals surface area contributed by atoms with Gasteiger partial charge in [0.1, 0.15) is 5.75 Å². The summed E-state index contributed by atoms with van der Waals surface area (Å²) in [5.41, 5.74) is 6.00. The van der Waals surface area contributed by atoms with Crippen molar-refractivity contribution in [2.75, 3.05) is 5.73 Å². The van der Waals surface area contributed by atoms with Crippen LogP contribution in [0.3, 0.4) is 0 Å². The van der Waals surface area contributed by atoms with Crippen LogP contribution in [0.4, 0.5) is 5.69 Å². The Balaban J connectivity index is 2.72. The van der Waals surface area contributed by atoms with Gasteiger partial charge in [-0.15, -0.1) is 0 Å². The van der Waals surface area contributed by atoms with Gasteiger partial charge in [0.2, 0.25) is 0 Å². The van der Waals surface area contributed by atoms with E-state index in [2.05, 4.69) is 0 Å². The normalized spacial score (nSPS) is 10.7. The van der Waals surface area contributed by atoms with E-state index in [1.165, 1.54) is 6.07 Å². The highest BCUT2D eigenvalue weighted by atomic mass is 16.4. The number of carbonyl (C=O) groups excluding carboxylic acids is 1. The number of hydrogen-bond acceptors (Lipinski definition) is 4. The molecule has 0 saturated heterocycles. The number of carboxylic acid groups (broad SMARTS) is 1. The molecule has 0 aliphatic heterocycles. The number of aromatic hydroxyl groups is 1. The quantitative estimate of drug-likeness (QED) is 0.457. The fourth-order valence-electron chi connectivity index (χ4n) is 2.30. The van der Waals surface area contributed by atoms with Crippen LogP contribution in [0.15, 0.2) is 36.4 Å². The van der Waals surface area contributed by atoms with Crippen LogP contribution in [0.25, 0.3) is 0 Å². The van der Waals surface area contributed by atoms with Crippen molar-refractivity contribution in [3.05, 3.63) is 58.7 Å². The lowest BCUT2D eigenvalue weighted by atomic mass is 9.90. The molecule has 0 unspecified atom stereocenters. The number of benzene rings is 2. The maximum absolute atomic E-state index is 12.6. The molecule has 0 bridgehead atoms. The molecule has 5 heteroatoms. The van der Waals surface area contributed by atoms with Gasteiger partial charge < -0.3 is 15.9 Å². The van der Waals surface area contributed by atoms with E-state index in [-0.39, 0.29) is 28.5 Å². The number of ketones is 1. The van der Waals surface area contributed by atoms with Gasteiger partial charge in [0.05, 0.1) is 16.8 Å². The van der Waals surface area contributed by atoms with Crippen molar-refractivity contribution in [1.82, 2.24) is 0 Å². The zero-order valence-electron chi connectivity index (χ0n) is 12.3. The van der Waals surface area contributed by atoms with E-state index in [0.717, 1.165) is 0 Å². The molecule has 4 N–H and O–H groups in total. The predicted molar refractivity (Wildman–Crippen MR) is 83.4 cm³/mol. The summed E-state index contributed by atoms with van der Waals surface area (Å²) >= 11 is 0. The van der Waals surface area contributed by atoms with Crippen LogP contribution >= 0.6 is 0 Å². The molecule has 0 aliphatic carbocycles. The molecular weight excluding hydrogens is 282 g/mol. The molecule has 0 amide bonds. The minimum atomic E-state index is -1.26. The third-order valence-electron chi connectivity index (χ3n) is 3.48. The van der Waals surface area contributed by atoms with Crippen molar-refractivity contribution in [2.24, 2.45) is 0 Å². The molecule has 0 spiro atoms. The van der Waals surface area contributed by atoms with E-state index in [0.29, 0.717) is 11.1 Å². The summed E-state index contributed by atoms with van der Waals surface area (Å²) in [6.07, 6.45) is 0. The number of phenols is 1. The molecule has 0 atom stereocenters. The predicted octanol–water partition coefficient (Wildman–Crippen LogP) is 3.03. The Hall–Kier alpha value is -2.82. The summed E-state index contributed by atoms with van der Waals surface area (Å²) in [6, 6.07) is 9.55. The van der Waals surface area contributed by atoms with Gasteiger partial charge in [0.25, 0.3) is 0 Å². The van der Waals surface area contributed by atoms with Crippen LogP contribution in [0, 0.1) is 0 Å². The second-order valence-corrected chi connectivity index (χ2v) is 5.31. The first-order valence-electron chi connectivity index (χ1n) is 6.83. The zero-order valence-corrected chi connectivity index (χ0v) is 12.3. The average Bonchev–Trinajstić information content (AvgIpc) is 2.49. The van der Waals surface area contributed by atoms with E-state index in [4.69, 9.17) is 5.73 Å². The minimum Gasteiger partial charge on any atom is -0.505 e. The molecule has 0 fully saturated rings. The van der Waals surface area contributed by atoms with Crippen LogP contribution in [0.5, 0.6) is 5.75 Å². The molecule has 0 radical (unpaired) electrons. The molecule has 0 aromatic heterocycles. The number of aromatic carboxylic acids is 1. The van der Waals surface area contributed by atoms with Gasteiger partial charge in [0, 0.05) is 5.56 Å². The molecule has 0 saturated carbocycles. The first-order chi connectivity index (χ1) is 10.3. The summed E-state index contributed by atoms with van der Waals surface area (Å²) in [5, 5.41) is 19.6. The number of rotatable bonds is 4. The van der Waals surface area contributed by atoms with Crippen molar-refractivity contribution in [2.45, 2.75) is 19.8 Å². The highest BCUT2D eigenvalue weighted by Crippen LogP contribution is 2.37. The maximum atomic E-state index is 12.6. The lowest BCUT2D eigenvalue weighted by molar-refractivity contribution is 0.0692. The Morgan fingerprint density at radius 3 is 2.23 bits per heavy atom. The Labute approximate surface area is 128 Å². The van der Waals surface area contributed by atoms with Crippen LogP contribution in [0.1, 0.15) is 51.6 Å². The molecule has 2 aromatic rings. The lowest BCUT2D eigenvalue weighted by Gasteiger charge is -2.16. The first-order valence-corrected chi connectivity index (χ1v) is 6.83. The summed E-state index contributed by atoms with van der Waals surface area (Å²) in [7, 11) is 0. The minimum absolute atomic E-state index is 0.124. The third kappa shape index (κ3) is 2.65. The zero-order chi connectivity index (χ0) is 16.4. The number of carboxylic acids is 1. The van der Waals surface area contributed by atoms with Gasteiger partial charge >= 0.3 is 5.97 Å². The molecule has 2 rings (SSSR count). The summed E-state index contributed by atoms with van der Waals surface area (Å²) in [4.78, 5) is 24.1. The number of phenolic OH excluding ortho intramolecular Hbond substituents is 1. The second-order valence-electron chi connectivity index (χ2n) is 5.31. The average molecular weight is 299 g/mol. The Bertz CT molecular complexity index is 736. The van der Waals surface area contributed by atoms with Crippen molar-refractivity contribution in [3.8, 4) is 5.75 Å². The van der Waals surface area contributed by atoms with Gasteiger partial charge in [-0.05, 0) is 17.5 Å². The SMILES string of the molecule is CC(C)c1cc(C(=O)O)c(C(=O)c2ccccc2)c(N)c1O. The van der Waals surface area contributed by atoms with Gasteiger partial charge in [-0.1, -0.05) is 44.2 Å². The maximum Gasteiger partial charge on any atom is 0.336 e. The van der Waals surface area contributed by atoms with E-state index in [1.807, 2.05) is 0 Å². The van der Waals surface area contributed by atoms with E-state index in [9.17, 15) is 19.8 Å². The first kappa shape index (κ1) is 15.6. The topological polar surface area (TPSA) is 101 Å². The Kier molecular flexibility index (Phi) is 4.17. The standard InChI is InChI=1S/C17H17NO4/c1-9(2)11-8-12(17(21)22)13(14(18)16(11)20)15(19)10-6-4-3-5-7-10/h3-9,20H,18H2,1-2H3,(H,21,22). The molecule has 5 nitrogen and oxygen atoms in total. The van der Waals surface area contributed by atoms with Crippen molar-refractivity contribution in [3.63, 3.8) is 0 Å². The fraction of sp³-hybridized carbons (Fsp3) is 0.176. The molecular formula is C17H17NO4. The van der Waals surface area contributed by atoms with Gasteiger partial charge in [-0.2, -0.15) is 0 Å². The van der Waals surface area contributed by atoms with Crippen molar-refractivity contribution in [1.29, 1.82) is 0 Å². The smallest absolute Gasteiger partial charge is 0.336 e. The number of anilines is 1. The number of carbonyl (C=O) groups is 2. The molecule has 114 valence electrons. The van der Waals surface area contributed by atoms with E-state index in [1.54, 1.807) is 44.2 Å². The fourth-order valence-corrected chi connectivity index (χ4v) is 2.30. The largest absolute Gasteiger partial charge is 0.505 e. The van der Waals surface area contributed by atoms with E-state index >= 15 is 0 Å².